The van der Waals surface area contributed by atoms with Gasteiger partial charge in [-0.05, 0) is 28.1 Å². The lowest BCUT2D eigenvalue weighted by Gasteiger charge is -2.37. The second-order valence-corrected chi connectivity index (χ2v) is 3.44. The van der Waals surface area contributed by atoms with Crippen molar-refractivity contribution in [2.45, 2.75) is 24.7 Å². The van der Waals surface area contributed by atoms with Crippen LogP contribution >= 0.6 is 0 Å². The van der Waals surface area contributed by atoms with Gasteiger partial charge < -0.3 is 20.8 Å². The van der Waals surface area contributed by atoms with Crippen molar-refractivity contribution in [1.82, 2.24) is 16.0 Å². The predicted octanol–water partition coefficient (Wildman–Crippen LogP) is -1.57. The fourth-order valence-electron chi connectivity index (χ4n) is 1.19. The Morgan fingerprint density at radius 3 is 1.77 bits per heavy atom. The van der Waals surface area contributed by atoms with E-state index in [4.69, 9.17) is 0 Å². The van der Waals surface area contributed by atoms with Crippen LogP contribution in [0.15, 0.2) is 0 Å². The Hall–Kier alpha value is -0.200. The number of aliphatic hydroxyl groups excluding tert-OH is 1. The Morgan fingerprint density at radius 1 is 1.08 bits per heavy atom. The fraction of sp³-hybridized carbons (Fsp3) is 1.00. The molecule has 5 N–H and O–H groups in total. The lowest BCUT2D eigenvalue weighted by molar-refractivity contribution is -0.0234. The standard InChI is InChI=1S/C8H21N3O2/c1-7(13,9-2)5-8(6-12,10-3)11-4/h9-13H,5-6H2,1-4H3. The first-order chi connectivity index (χ1) is 5.95. The highest BCUT2D eigenvalue weighted by Gasteiger charge is 2.33. The van der Waals surface area contributed by atoms with E-state index in [1.165, 1.54) is 0 Å². The van der Waals surface area contributed by atoms with Crippen LogP contribution in [0.4, 0.5) is 0 Å². The van der Waals surface area contributed by atoms with Crippen molar-refractivity contribution < 1.29 is 10.2 Å². The summed E-state index contributed by atoms with van der Waals surface area (Å²) in [7, 11) is 5.14. The number of nitrogens with one attached hydrogen (secondary N) is 3. The van der Waals surface area contributed by atoms with Gasteiger partial charge in [0.1, 0.15) is 5.72 Å². The van der Waals surface area contributed by atoms with E-state index in [2.05, 4.69) is 16.0 Å². The van der Waals surface area contributed by atoms with Crippen molar-refractivity contribution in [3.05, 3.63) is 0 Å². The van der Waals surface area contributed by atoms with Gasteiger partial charge in [0.2, 0.25) is 0 Å². The maximum absolute atomic E-state index is 9.75. The van der Waals surface area contributed by atoms with E-state index >= 15 is 0 Å². The largest absolute Gasteiger partial charge is 0.393 e. The molecule has 80 valence electrons. The Morgan fingerprint density at radius 2 is 1.54 bits per heavy atom. The maximum Gasteiger partial charge on any atom is 0.116 e. The molecule has 0 aliphatic carbocycles. The molecule has 0 amide bonds. The molecule has 0 rings (SSSR count). The van der Waals surface area contributed by atoms with E-state index in [0.717, 1.165) is 0 Å². The number of aliphatic hydroxyl groups is 2. The SMILES string of the molecule is CNC(C)(O)CC(CO)(NC)NC. The van der Waals surface area contributed by atoms with E-state index in [1.54, 1.807) is 28.1 Å². The van der Waals surface area contributed by atoms with E-state index in [-0.39, 0.29) is 6.61 Å². The molecule has 0 saturated heterocycles. The zero-order valence-electron chi connectivity index (χ0n) is 8.81. The highest BCUT2D eigenvalue weighted by atomic mass is 16.3. The topological polar surface area (TPSA) is 76.5 Å². The summed E-state index contributed by atoms with van der Waals surface area (Å²) in [5.74, 6) is 0. The molecular weight excluding hydrogens is 170 g/mol. The van der Waals surface area contributed by atoms with Gasteiger partial charge in [-0.1, -0.05) is 0 Å². The monoisotopic (exact) mass is 191 g/mol. The van der Waals surface area contributed by atoms with Gasteiger partial charge in [0.05, 0.1) is 12.3 Å². The lowest BCUT2D eigenvalue weighted by atomic mass is 9.99. The highest BCUT2D eigenvalue weighted by molar-refractivity contribution is 4.88. The first-order valence-electron chi connectivity index (χ1n) is 4.35. The van der Waals surface area contributed by atoms with Gasteiger partial charge in [-0.25, -0.2) is 0 Å². The zero-order chi connectivity index (χ0) is 10.5. The summed E-state index contributed by atoms with van der Waals surface area (Å²) in [5.41, 5.74) is -1.65. The van der Waals surface area contributed by atoms with E-state index in [9.17, 15) is 10.2 Å². The molecule has 5 heteroatoms. The van der Waals surface area contributed by atoms with Crippen LogP contribution in [0.1, 0.15) is 13.3 Å². The van der Waals surface area contributed by atoms with Crippen molar-refractivity contribution >= 4 is 0 Å². The summed E-state index contributed by atoms with van der Waals surface area (Å²) in [5, 5.41) is 27.6. The molecule has 0 bridgehead atoms. The van der Waals surface area contributed by atoms with Gasteiger partial charge in [-0.3, -0.25) is 5.32 Å². The minimum absolute atomic E-state index is 0.0855. The van der Waals surface area contributed by atoms with Gasteiger partial charge in [-0.2, -0.15) is 0 Å². The van der Waals surface area contributed by atoms with Crippen LogP contribution in [0.5, 0.6) is 0 Å². The van der Waals surface area contributed by atoms with Crippen LogP contribution in [-0.4, -0.2) is 49.4 Å². The third-order valence-electron chi connectivity index (χ3n) is 2.41. The third kappa shape index (κ3) is 3.58. The van der Waals surface area contributed by atoms with Crippen LogP contribution in [0.3, 0.4) is 0 Å². The van der Waals surface area contributed by atoms with Crippen LogP contribution in [-0.2, 0) is 0 Å². The molecule has 13 heavy (non-hydrogen) atoms. The van der Waals surface area contributed by atoms with Gasteiger partial charge in [0.15, 0.2) is 0 Å². The molecule has 0 saturated carbocycles. The maximum atomic E-state index is 9.75. The Bertz CT molecular complexity index is 138. The minimum Gasteiger partial charge on any atom is -0.393 e. The quantitative estimate of drug-likeness (QED) is 0.328. The summed E-state index contributed by atoms with van der Waals surface area (Å²) < 4.78 is 0. The van der Waals surface area contributed by atoms with Crippen LogP contribution in [0.25, 0.3) is 0 Å². The molecule has 0 aliphatic heterocycles. The van der Waals surface area contributed by atoms with E-state index in [1.807, 2.05) is 0 Å². The average Bonchev–Trinajstić information content (AvgIpc) is 2.14. The van der Waals surface area contributed by atoms with Crippen LogP contribution < -0.4 is 16.0 Å². The molecule has 1 atom stereocenters. The second kappa shape index (κ2) is 4.88. The smallest absolute Gasteiger partial charge is 0.116 e. The highest BCUT2D eigenvalue weighted by Crippen LogP contribution is 2.14. The van der Waals surface area contributed by atoms with Crippen molar-refractivity contribution in [3.63, 3.8) is 0 Å². The summed E-state index contributed by atoms with van der Waals surface area (Å²) in [4.78, 5) is 0. The Kier molecular flexibility index (Phi) is 4.80. The fourth-order valence-corrected chi connectivity index (χ4v) is 1.19. The van der Waals surface area contributed by atoms with Gasteiger partial charge in [-0.15, -0.1) is 0 Å². The van der Waals surface area contributed by atoms with Gasteiger partial charge in [0, 0.05) is 6.42 Å². The molecule has 0 aromatic heterocycles. The third-order valence-corrected chi connectivity index (χ3v) is 2.41. The number of hydrogen-bond donors (Lipinski definition) is 5. The Labute approximate surface area is 79.5 Å². The van der Waals surface area contributed by atoms with Crippen LogP contribution in [0.2, 0.25) is 0 Å². The van der Waals surface area contributed by atoms with Crippen molar-refractivity contribution in [2.24, 2.45) is 0 Å². The predicted molar refractivity (Wildman–Crippen MR) is 52.2 cm³/mol. The van der Waals surface area contributed by atoms with Crippen molar-refractivity contribution in [1.29, 1.82) is 0 Å². The van der Waals surface area contributed by atoms with E-state index < -0.39 is 11.4 Å². The summed E-state index contributed by atoms with van der Waals surface area (Å²) >= 11 is 0. The van der Waals surface area contributed by atoms with E-state index in [0.29, 0.717) is 6.42 Å². The average molecular weight is 191 g/mol. The number of rotatable bonds is 6. The normalized spacial score (nSPS) is 17.1. The molecule has 0 radical (unpaired) electrons. The molecule has 0 heterocycles. The molecule has 0 aromatic carbocycles. The van der Waals surface area contributed by atoms with Crippen LogP contribution in [0, 0.1) is 0 Å². The summed E-state index contributed by atoms with van der Waals surface area (Å²) in [6.07, 6.45) is 0.361. The van der Waals surface area contributed by atoms with Crippen molar-refractivity contribution in [2.75, 3.05) is 27.7 Å². The summed E-state index contributed by atoms with van der Waals surface area (Å²) in [6, 6.07) is 0. The second-order valence-electron chi connectivity index (χ2n) is 3.44. The molecule has 0 spiro atoms. The zero-order valence-corrected chi connectivity index (χ0v) is 8.81. The molecular formula is C8H21N3O2. The summed E-state index contributed by atoms with van der Waals surface area (Å²) in [6.45, 7) is 1.57. The molecule has 5 nitrogen and oxygen atoms in total. The van der Waals surface area contributed by atoms with Gasteiger partial charge >= 0.3 is 0 Å². The Balaban J connectivity index is 4.41. The molecule has 0 aliphatic rings. The molecule has 0 aromatic rings. The van der Waals surface area contributed by atoms with Crippen molar-refractivity contribution in [3.8, 4) is 0 Å². The molecule has 0 fully saturated rings. The first-order valence-corrected chi connectivity index (χ1v) is 4.35. The lowest BCUT2D eigenvalue weighted by Crippen LogP contribution is -2.62. The number of hydrogen-bond acceptors (Lipinski definition) is 5. The first kappa shape index (κ1) is 12.8. The minimum atomic E-state index is -1.01. The molecule has 1 unspecified atom stereocenters. The number of likely N-dealkylation sites (N-methyl/N-ethyl adjacent to an activating group) is 2. The van der Waals surface area contributed by atoms with Gasteiger partial charge in [0.25, 0.3) is 0 Å².